The Morgan fingerprint density at radius 3 is 2.88 bits per heavy atom. The van der Waals surface area contributed by atoms with E-state index in [0.717, 1.165) is 18.6 Å². The van der Waals surface area contributed by atoms with E-state index >= 15 is 0 Å². The molecular weight excluding hydrogens is 309 g/mol. The molecular formula is C18H18FN3O2. The van der Waals surface area contributed by atoms with Gasteiger partial charge in [0.25, 0.3) is 0 Å². The third-order valence-electron chi connectivity index (χ3n) is 4.16. The topological polar surface area (TPSA) is 69.3 Å². The van der Waals surface area contributed by atoms with Gasteiger partial charge in [0.1, 0.15) is 11.6 Å². The molecule has 1 unspecified atom stereocenters. The number of halogens is 1. The average Bonchev–Trinajstić information content (AvgIpc) is 3.25. The van der Waals surface area contributed by atoms with Gasteiger partial charge >= 0.3 is 6.03 Å². The normalized spacial score (nSPS) is 14.7. The molecule has 24 heavy (non-hydrogen) atoms. The van der Waals surface area contributed by atoms with Gasteiger partial charge in [-0.05, 0) is 44.0 Å². The molecule has 2 aromatic rings. The molecule has 5 nitrogen and oxygen atoms in total. The minimum atomic E-state index is -0.494. The SMILES string of the molecule is CC(c1ccco1)N(C(=O)NCc1ccc(C#N)cc1F)C1CC1. The van der Waals surface area contributed by atoms with Gasteiger partial charge in [0.2, 0.25) is 0 Å². The van der Waals surface area contributed by atoms with E-state index in [1.807, 2.05) is 19.1 Å². The predicted octanol–water partition coefficient (Wildman–Crippen LogP) is 3.73. The van der Waals surface area contributed by atoms with E-state index in [1.165, 1.54) is 18.2 Å². The molecule has 3 rings (SSSR count). The second-order valence-electron chi connectivity index (χ2n) is 5.91. The van der Waals surface area contributed by atoms with E-state index in [9.17, 15) is 9.18 Å². The van der Waals surface area contributed by atoms with Crippen LogP contribution in [0, 0.1) is 17.1 Å². The zero-order valence-electron chi connectivity index (χ0n) is 13.3. The quantitative estimate of drug-likeness (QED) is 0.910. The van der Waals surface area contributed by atoms with E-state index in [4.69, 9.17) is 9.68 Å². The van der Waals surface area contributed by atoms with Gasteiger partial charge in [0, 0.05) is 18.2 Å². The molecule has 1 aromatic heterocycles. The number of nitrogens with one attached hydrogen (secondary N) is 1. The number of hydrogen-bond acceptors (Lipinski definition) is 3. The van der Waals surface area contributed by atoms with Crippen molar-refractivity contribution in [2.45, 2.75) is 38.4 Å². The zero-order valence-corrected chi connectivity index (χ0v) is 13.3. The maximum atomic E-state index is 13.9. The molecule has 1 saturated carbocycles. The summed E-state index contributed by atoms with van der Waals surface area (Å²) in [7, 11) is 0. The van der Waals surface area contributed by atoms with E-state index in [2.05, 4.69) is 5.32 Å². The Kier molecular flexibility index (Phi) is 4.52. The van der Waals surface area contributed by atoms with Crippen molar-refractivity contribution < 1.29 is 13.6 Å². The lowest BCUT2D eigenvalue weighted by Crippen LogP contribution is -2.42. The summed E-state index contributed by atoms with van der Waals surface area (Å²) >= 11 is 0. The van der Waals surface area contributed by atoms with Crippen molar-refractivity contribution in [1.29, 1.82) is 5.26 Å². The number of nitriles is 1. The molecule has 1 fully saturated rings. The Morgan fingerprint density at radius 2 is 2.29 bits per heavy atom. The first-order valence-corrected chi connectivity index (χ1v) is 7.88. The van der Waals surface area contributed by atoms with Crippen LogP contribution in [0.15, 0.2) is 41.0 Å². The molecule has 1 heterocycles. The maximum absolute atomic E-state index is 13.9. The van der Waals surface area contributed by atoms with E-state index in [1.54, 1.807) is 17.2 Å². The number of amides is 2. The monoisotopic (exact) mass is 327 g/mol. The fourth-order valence-electron chi connectivity index (χ4n) is 2.70. The van der Waals surface area contributed by atoms with E-state index in [0.29, 0.717) is 5.56 Å². The first kappa shape index (κ1) is 16.1. The highest BCUT2D eigenvalue weighted by molar-refractivity contribution is 5.75. The first-order chi connectivity index (χ1) is 11.6. The molecule has 1 atom stereocenters. The zero-order chi connectivity index (χ0) is 17.1. The van der Waals surface area contributed by atoms with Crippen LogP contribution in [-0.4, -0.2) is 17.0 Å². The third kappa shape index (κ3) is 3.40. The molecule has 1 aromatic carbocycles. The molecule has 0 spiro atoms. The largest absolute Gasteiger partial charge is 0.467 e. The third-order valence-corrected chi connectivity index (χ3v) is 4.16. The average molecular weight is 327 g/mol. The highest BCUT2D eigenvalue weighted by atomic mass is 19.1. The summed E-state index contributed by atoms with van der Waals surface area (Å²) in [5, 5.41) is 11.5. The number of nitrogens with zero attached hydrogens (tertiary/aromatic N) is 2. The fourth-order valence-corrected chi connectivity index (χ4v) is 2.70. The first-order valence-electron chi connectivity index (χ1n) is 7.88. The molecule has 2 amide bonds. The van der Waals surface area contributed by atoms with Crippen LogP contribution in [0.3, 0.4) is 0 Å². The Hall–Kier alpha value is -2.81. The highest BCUT2D eigenvalue weighted by Gasteiger charge is 2.37. The van der Waals surface area contributed by atoms with E-state index in [-0.39, 0.29) is 30.2 Å². The Bertz CT molecular complexity index is 763. The highest BCUT2D eigenvalue weighted by Crippen LogP contribution is 2.34. The van der Waals surface area contributed by atoms with Crippen LogP contribution in [0.1, 0.15) is 42.7 Å². The van der Waals surface area contributed by atoms with Crippen molar-refractivity contribution in [2.75, 3.05) is 0 Å². The molecule has 1 aliphatic carbocycles. The summed E-state index contributed by atoms with van der Waals surface area (Å²) in [5.74, 6) is 0.230. The molecule has 0 saturated heterocycles. The van der Waals surface area contributed by atoms with Gasteiger partial charge in [0.15, 0.2) is 0 Å². The number of hydrogen-bond donors (Lipinski definition) is 1. The van der Waals surface area contributed by atoms with Gasteiger partial charge in [-0.2, -0.15) is 5.26 Å². The van der Waals surface area contributed by atoms with Gasteiger partial charge in [-0.3, -0.25) is 0 Å². The summed E-state index contributed by atoms with van der Waals surface area (Å²) in [4.78, 5) is 14.3. The number of benzene rings is 1. The molecule has 0 aliphatic heterocycles. The van der Waals surface area contributed by atoms with Crippen molar-refractivity contribution in [1.82, 2.24) is 10.2 Å². The molecule has 0 bridgehead atoms. The lowest BCUT2D eigenvalue weighted by molar-refractivity contribution is 0.166. The van der Waals surface area contributed by atoms with Crippen molar-refractivity contribution >= 4 is 6.03 Å². The van der Waals surface area contributed by atoms with Gasteiger partial charge < -0.3 is 14.6 Å². The van der Waals surface area contributed by atoms with Crippen LogP contribution in [0.4, 0.5) is 9.18 Å². The van der Waals surface area contributed by atoms with Gasteiger partial charge in [-0.25, -0.2) is 9.18 Å². The van der Waals surface area contributed by atoms with Crippen LogP contribution in [-0.2, 0) is 6.54 Å². The number of carbonyl (C=O) groups is 1. The number of urea groups is 1. The molecule has 6 heteroatoms. The number of rotatable bonds is 5. The lowest BCUT2D eigenvalue weighted by Gasteiger charge is -2.28. The Morgan fingerprint density at radius 1 is 1.50 bits per heavy atom. The minimum absolute atomic E-state index is 0.0739. The Balaban J connectivity index is 1.67. The van der Waals surface area contributed by atoms with Crippen molar-refractivity contribution in [3.8, 4) is 6.07 Å². The van der Waals surface area contributed by atoms with Crippen LogP contribution in [0.2, 0.25) is 0 Å². The summed E-state index contributed by atoms with van der Waals surface area (Å²) in [5.41, 5.74) is 0.609. The van der Waals surface area contributed by atoms with Gasteiger partial charge in [0.05, 0.1) is 23.9 Å². The van der Waals surface area contributed by atoms with Crippen molar-refractivity contribution in [3.63, 3.8) is 0 Å². The molecule has 0 radical (unpaired) electrons. The van der Waals surface area contributed by atoms with E-state index < -0.39 is 5.82 Å². The van der Waals surface area contributed by atoms with Crippen LogP contribution in [0.25, 0.3) is 0 Å². The minimum Gasteiger partial charge on any atom is -0.467 e. The second kappa shape index (κ2) is 6.75. The van der Waals surface area contributed by atoms with Gasteiger partial charge in [-0.15, -0.1) is 0 Å². The summed E-state index contributed by atoms with van der Waals surface area (Å²) in [6.45, 7) is 1.99. The smallest absolute Gasteiger partial charge is 0.318 e. The van der Waals surface area contributed by atoms with Crippen LogP contribution in [0.5, 0.6) is 0 Å². The van der Waals surface area contributed by atoms with Gasteiger partial charge in [-0.1, -0.05) is 6.07 Å². The second-order valence-corrected chi connectivity index (χ2v) is 5.91. The molecule has 1 aliphatic rings. The van der Waals surface area contributed by atoms with Crippen molar-refractivity contribution in [3.05, 3.63) is 59.3 Å². The number of carbonyl (C=O) groups excluding carboxylic acids is 1. The number of furan rings is 1. The fraction of sp³-hybridized carbons (Fsp3) is 0.333. The summed E-state index contributed by atoms with van der Waals surface area (Å²) in [6.07, 6.45) is 3.51. The molecule has 124 valence electrons. The standard InChI is InChI=1S/C18H18FN3O2/c1-12(17-3-2-8-24-17)22(15-6-7-15)18(23)21-11-14-5-4-13(10-20)9-16(14)19/h2-5,8-9,12,15H,6-7,11H2,1H3,(H,21,23). The van der Waals surface area contributed by atoms with Crippen molar-refractivity contribution in [2.24, 2.45) is 0 Å². The van der Waals surface area contributed by atoms with Crippen LogP contribution < -0.4 is 5.32 Å². The Labute approximate surface area is 139 Å². The summed E-state index contributed by atoms with van der Waals surface area (Å²) in [6, 6.07) is 9.51. The predicted molar refractivity (Wildman–Crippen MR) is 85.3 cm³/mol. The van der Waals surface area contributed by atoms with Crippen LogP contribution >= 0.6 is 0 Å². The maximum Gasteiger partial charge on any atom is 0.318 e. The molecule has 1 N–H and O–H groups in total. The lowest BCUT2D eigenvalue weighted by atomic mass is 10.1. The summed E-state index contributed by atoms with van der Waals surface area (Å²) < 4.78 is 19.3.